The molecule has 4 N–H and O–H groups in total. The largest absolute Gasteiger partial charge is 0.378 e. The SMILES string of the molecule is Cc1ccc(NC(C)c2ccc(NC(N)=O)cc2)c(C)c1. The van der Waals surface area contributed by atoms with Crippen LogP contribution in [-0.4, -0.2) is 6.03 Å². The topological polar surface area (TPSA) is 67.2 Å². The standard InChI is InChI=1S/C17H21N3O/c1-11-4-9-16(12(2)10-11)19-13(3)14-5-7-15(8-6-14)20-17(18)21/h4-10,13,19H,1-3H3,(H3,18,20,21). The van der Waals surface area contributed by atoms with Gasteiger partial charge in [-0.05, 0) is 50.1 Å². The Hall–Kier alpha value is -2.49. The van der Waals surface area contributed by atoms with Gasteiger partial charge in [0.25, 0.3) is 0 Å². The van der Waals surface area contributed by atoms with Crippen molar-refractivity contribution in [2.24, 2.45) is 5.73 Å². The molecule has 0 heterocycles. The average molecular weight is 283 g/mol. The summed E-state index contributed by atoms with van der Waals surface area (Å²) in [6.45, 7) is 6.29. The van der Waals surface area contributed by atoms with Gasteiger partial charge < -0.3 is 16.4 Å². The number of anilines is 2. The third kappa shape index (κ3) is 3.99. The number of hydrogen-bond donors (Lipinski definition) is 3. The maximum atomic E-state index is 10.8. The van der Waals surface area contributed by atoms with Gasteiger partial charge in [0.2, 0.25) is 0 Å². The van der Waals surface area contributed by atoms with Crippen molar-refractivity contribution >= 4 is 17.4 Å². The molecule has 2 aromatic carbocycles. The number of amides is 2. The average Bonchev–Trinajstić information content (AvgIpc) is 2.42. The van der Waals surface area contributed by atoms with Gasteiger partial charge in [-0.25, -0.2) is 4.79 Å². The predicted molar refractivity (Wildman–Crippen MR) is 87.6 cm³/mol. The van der Waals surface area contributed by atoms with Crippen molar-refractivity contribution in [3.05, 3.63) is 59.2 Å². The van der Waals surface area contributed by atoms with Crippen molar-refractivity contribution in [3.63, 3.8) is 0 Å². The molecule has 0 radical (unpaired) electrons. The minimum absolute atomic E-state index is 0.175. The van der Waals surface area contributed by atoms with Crippen molar-refractivity contribution < 1.29 is 4.79 Å². The van der Waals surface area contributed by atoms with Crippen LogP contribution >= 0.6 is 0 Å². The molecule has 0 saturated carbocycles. The second-order valence-corrected chi connectivity index (χ2v) is 5.30. The zero-order chi connectivity index (χ0) is 15.4. The minimum Gasteiger partial charge on any atom is -0.378 e. The fraction of sp³-hybridized carbons (Fsp3) is 0.235. The number of primary amides is 1. The molecule has 2 rings (SSSR count). The Morgan fingerprint density at radius 1 is 1.10 bits per heavy atom. The Kier molecular flexibility index (Phi) is 4.48. The smallest absolute Gasteiger partial charge is 0.316 e. The lowest BCUT2D eigenvalue weighted by Crippen LogP contribution is -2.19. The van der Waals surface area contributed by atoms with Gasteiger partial charge >= 0.3 is 6.03 Å². The predicted octanol–water partition coefficient (Wildman–Crippen LogP) is 3.97. The van der Waals surface area contributed by atoms with E-state index < -0.39 is 6.03 Å². The lowest BCUT2D eigenvalue weighted by Gasteiger charge is -2.18. The van der Waals surface area contributed by atoms with Crippen LogP contribution in [0.4, 0.5) is 16.2 Å². The molecule has 0 fully saturated rings. The molecule has 0 aromatic heterocycles. The van der Waals surface area contributed by atoms with Gasteiger partial charge in [0.1, 0.15) is 0 Å². The molecule has 1 atom stereocenters. The van der Waals surface area contributed by atoms with Crippen molar-refractivity contribution in [1.82, 2.24) is 0 Å². The summed E-state index contributed by atoms with van der Waals surface area (Å²) in [6.07, 6.45) is 0. The molecule has 2 amide bonds. The maximum absolute atomic E-state index is 10.8. The van der Waals surface area contributed by atoms with Crippen molar-refractivity contribution in [1.29, 1.82) is 0 Å². The second-order valence-electron chi connectivity index (χ2n) is 5.30. The van der Waals surface area contributed by atoms with Gasteiger partial charge in [0, 0.05) is 17.4 Å². The number of urea groups is 1. The van der Waals surface area contributed by atoms with E-state index in [1.165, 1.54) is 11.1 Å². The first kappa shape index (κ1) is 14.9. The minimum atomic E-state index is -0.552. The summed E-state index contributed by atoms with van der Waals surface area (Å²) >= 11 is 0. The van der Waals surface area contributed by atoms with E-state index >= 15 is 0 Å². The van der Waals surface area contributed by atoms with E-state index in [1.807, 2.05) is 24.3 Å². The van der Waals surface area contributed by atoms with Gasteiger partial charge in [0.15, 0.2) is 0 Å². The van der Waals surface area contributed by atoms with Crippen LogP contribution in [0.2, 0.25) is 0 Å². The molecule has 1 unspecified atom stereocenters. The van der Waals surface area contributed by atoms with E-state index in [-0.39, 0.29) is 6.04 Å². The molecule has 4 nitrogen and oxygen atoms in total. The fourth-order valence-electron chi connectivity index (χ4n) is 2.29. The van der Waals surface area contributed by atoms with Crippen LogP contribution < -0.4 is 16.4 Å². The molecule has 21 heavy (non-hydrogen) atoms. The number of carbonyl (C=O) groups is 1. The number of carbonyl (C=O) groups excluding carboxylic acids is 1. The molecule has 0 saturated heterocycles. The summed E-state index contributed by atoms with van der Waals surface area (Å²) in [7, 11) is 0. The highest BCUT2D eigenvalue weighted by Crippen LogP contribution is 2.23. The Labute approximate surface area is 125 Å². The Balaban J connectivity index is 2.09. The molecule has 0 aliphatic rings. The summed E-state index contributed by atoms with van der Waals surface area (Å²) in [5.41, 5.74) is 10.6. The van der Waals surface area contributed by atoms with Crippen LogP contribution in [0.1, 0.15) is 29.7 Å². The highest BCUT2D eigenvalue weighted by Gasteiger charge is 2.07. The third-order valence-corrected chi connectivity index (χ3v) is 3.43. The zero-order valence-corrected chi connectivity index (χ0v) is 12.6. The van der Waals surface area contributed by atoms with Gasteiger partial charge in [-0.15, -0.1) is 0 Å². The zero-order valence-electron chi connectivity index (χ0n) is 12.6. The van der Waals surface area contributed by atoms with Gasteiger partial charge in [-0.1, -0.05) is 29.8 Å². The molecule has 2 aromatic rings. The lowest BCUT2D eigenvalue weighted by atomic mass is 10.1. The van der Waals surface area contributed by atoms with Crippen molar-refractivity contribution in [2.45, 2.75) is 26.8 Å². The van der Waals surface area contributed by atoms with Crippen molar-refractivity contribution in [2.75, 3.05) is 10.6 Å². The Morgan fingerprint density at radius 3 is 2.33 bits per heavy atom. The first-order valence-electron chi connectivity index (χ1n) is 6.96. The number of nitrogens with two attached hydrogens (primary N) is 1. The Bertz CT molecular complexity index is 635. The monoisotopic (exact) mass is 283 g/mol. The van der Waals surface area contributed by atoms with Crippen LogP contribution in [-0.2, 0) is 0 Å². The van der Waals surface area contributed by atoms with E-state index in [0.717, 1.165) is 11.3 Å². The highest BCUT2D eigenvalue weighted by molar-refractivity contribution is 5.87. The number of nitrogens with one attached hydrogen (secondary N) is 2. The van der Waals surface area contributed by atoms with Crippen LogP contribution in [0.3, 0.4) is 0 Å². The fourth-order valence-corrected chi connectivity index (χ4v) is 2.29. The molecule has 110 valence electrons. The molecular formula is C17H21N3O. The quantitative estimate of drug-likeness (QED) is 0.794. The van der Waals surface area contributed by atoms with E-state index in [9.17, 15) is 4.79 Å². The van der Waals surface area contributed by atoms with E-state index in [4.69, 9.17) is 5.73 Å². The molecule has 0 aliphatic heterocycles. The molecule has 4 heteroatoms. The molecule has 0 aliphatic carbocycles. The van der Waals surface area contributed by atoms with E-state index in [0.29, 0.717) is 5.69 Å². The summed E-state index contributed by atoms with van der Waals surface area (Å²) in [4.78, 5) is 10.8. The van der Waals surface area contributed by atoms with Crippen LogP contribution in [0.25, 0.3) is 0 Å². The maximum Gasteiger partial charge on any atom is 0.316 e. The number of hydrogen-bond acceptors (Lipinski definition) is 2. The van der Waals surface area contributed by atoms with E-state index in [2.05, 4.69) is 49.6 Å². The summed E-state index contributed by atoms with van der Waals surface area (Å²) < 4.78 is 0. The number of benzene rings is 2. The third-order valence-electron chi connectivity index (χ3n) is 3.43. The van der Waals surface area contributed by atoms with Gasteiger partial charge in [0.05, 0.1) is 0 Å². The lowest BCUT2D eigenvalue weighted by molar-refractivity contribution is 0.259. The van der Waals surface area contributed by atoms with Crippen LogP contribution in [0, 0.1) is 13.8 Å². The first-order valence-corrected chi connectivity index (χ1v) is 6.96. The van der Waals surface area contributed by atoms with Crippen molar-refractivity contribution in [3.8, 4) is 0 Å². The molecule has 0 bridgehead atoms. The second kappa shape index (κ2) is 6.31. The number of aryl methyl sites for hydroxylation is 2. The molecule has 0 spiro atoms. The Morgan fingerprint density at radius 2 is 1.76 bits per heavy atom. The van der Waals surface area contributed by atoms with Crippen LogP contribution in [0.5, 0.6) is 0 Å². The first-order chi connectivity index (χ1) is 9.95. The summed E-state index contributed by atoms with van der Waals surface area (Å²) in [5.74, 6) is 0. The van der Waals surface area contributed by atoms with Gasteiger partial charge in [-0.3, -0.25) is 0 Å². The normalized spacial score (nSPS) is 11.8. The van der Waals surface area contributed by atoms with Gasteiger partial charge in [-0.2, -0.15) is 0 Å². The van der Waals surface area contributed by atoms with Crippen LogP contribution in [0.15, 0.2) is 42.5 Å². The highest BCUT2D eigenvalue weighted by atomic mass is 16.2. The summed E-state index contributed by atoms with van der Waals surface area (Å²) in [6, 6.07) is 13.6. The van der Waals surface area contributed by atoms with E-state index in [1.54, 1.807) is 0 Å². The summed E-state index contributed by atoms with van der Waals surface area (Å²) in [5, 5.41) is 6.06. The number of rotatable bonds is 4. The molecular weight excluding hydrogens is 262 g/mol.